The largest absolute Gasteiger partial charge is 0.385 e. The Morgan fingerprint density at radius 3 is 2.38 bits per heavy atom. The SMILES string of the molecule is CN=C(NCCCNc1ccccc1)NCc1ccccc1Cl.I. The molecule has 0 atom stereocenters. The molecule has 0 spiro atoms. The van der Waals surface area contributed by atoms with E-state index in [0.717, 1.165) is 41.7 Å². The molecule has 0 heterocycles. The van der Waals surface area contributed by atoms with Crippen LogP contribution in [0.2, 0.25) is 5.02 Å². The molecule has 0 aliphatic rings. The smallest absolute Gasteiger partial charge is 0.191 e. The Balaban J connectivity index is 0.00000288. The van der Waals surface area contributed by atoms with Gasteiger partial charge in [-0.2, -0.15) is 0 Å². The van der Waals surface area contributed by atoms with Crippen LogP contribution in [0.15, 0.2) is 59.6 Å². The quantitative estimate of drug-likeness (QED) is 0.253. The van der Waals surface area contributed by atoms with Gasteiger partial charge in [-0.3, -0.25) is 4.99 Å². The van der Waals surface area contributed by atoms with Crippen molar-refractivity contribution < 1.29 is 0 Å². The van der Waals surface area contributed by atoms with Crippen molar-refractivity contribution >= 4 is 47.2 Å². The zero-order chi connectivity index (χ0) is 16.3. The van der Waals surface area contributed by atoms with Gasteiger partial charge in [0, 0.05) is 37.4 Å². The van der Waals surface area contributed by atoms with E-state index >= 15 is 0 Å². The van der Waals surface area contributed by atoms with Gasteiger partial charge in [0.15, 0.2) is 5.96 Å². The molecule has 0 aliphatic carbocycles. The summed E-state index contributed by atoms with van der Waals surface area (Å²) in [5, 5.41) is 10.7. The summed E-state index contributed by atoms with van der Waals surface area (Å²) in [5.74, 6) is 0.782. The number of nitrogens with zero attached hydrogens (tertiary/aromatic N) is 1. The van der Waals surface area contributed by atoms with Crippen LogP contribution in [0, 0.1) is 0 Å². The summed E-state index contributed by atoms with van der Waals surface area (Å²) in [6, 6.07) is 18.0. The number of hydrogen-bond acceptors (Lipinski definition) is 2. The van der Waals surface area contributed by atoms with Gasteiger partial charge in [-0.25, -0.2) is 0 Å². The predicted molar refractivity (Wildman–Crippen MR) is 115 cm³/mol. The first-order chi connectivity index (χ1) is 11.3. The predicted octanol–water partition coefficient (Wildman–Crippen LogP) is 4.13. The number of halogens is 2. The maximum absolute atomic E-state index is 6.15. The molecule has 4 nitrogen and oxygen atoms in total. The van der Waals surface area contributed by atoms with Crippen LogP contribution >= 0.6 is 35.6 Å². The van der Waals surface area contributed by atoms with Crippen LogP contribution < -0.4 is 16.0 Å². The lowest BCUT2D eigenvalue weighted by molar-refractivity contribution is 0.762. The monoisotopic (exact) mass is 458 g/mol. The van der Waals surface area contributed by atoms with Crippen LogP contribution in [-0.2, 0) is 6.54 Å². The number of anilines is 1. The first kappa shape index (κ1) is 20.6. The van der Waals surface area contributed by atoms with Gasteiger partial charge in [0.1, 0.15) is 0 Å². The van der Waals surface area contributed by atoms with Crippen molar-refractivity contribution in [1.82, 2.24) is 10.6 Å². The fraction of sp³-hybridized carbons (Fsp3) is 0.278. The lowest BCUT2D eigenvalue weighted by atomic mass is 10.2. The second kappa shape index (κ2) is 12.0. The third-order valence-electron chi connectivity index (χ3n) is 3.38. The minimum atomic E-state index is 0. The highest BCUT2D eigenvalue weighted by Gasteiger charge is 2.01. The molecular formula is C18H24ClIN4. The zero-order valence-corrected chi connectivity index (χ0v) is 16.8. The molecular weight excluding hydrogens is 435 g/mol. The van der Waals surface area contributed by atoms with Gasteiger partial charge >= 0.3 is 0 Å². The van der Waals surface area contributed by atoms with Crippen LogP contribution in [0.25, 0.3) is 0 Å². The number of aliphatic imine (C=N–C) groups is 1. The molecule has 0 amide bonds. The van der Waals surface area contributed by atoms with Gasteiger partial charge in [-0.15, -0.1) is 24.0 Å². The van der Waals surface area contributed by atoms with E-state index < -0.39 is 0 Å². The highest BCUT2D eigenvalue weighted by atomic mass is 127. The van der Waals surface area contributed by atoms with Crippen molar-refractivity contribution in [2.75, 3.05) is 25.5 Å². The van der Waals surface area contributed by atoms with Crippen molar-refractivity contribution in [3.05, 3.63) is 65.2 Å². The average molecular weight is 459 g/mol. The molecule has 0 aliphatic heterocycles. The second-order valence-electron chi connectivity index (χ2n) is 5.09. The molecule has 2 aromatic rings. The summed E-state index contributed by atoms with van der Waals surface area (Å²) in [7, 11) is 1.77. The summed E-state index contributed by atoms with van der Waals surface area (Å²) in [6.45, 7) is 2.42. The Kier molecular flexibility index (Phi) is 10.3. The van der Waals surface area contributed by atoms with Crippen LogP contribution in [-0.4, -0.2) is 26.1 Å². The van der Waals surface area contributed by atoms with Crippen LogP contribution in [0.1, 0.15) is 12.0 Å². The van der Waals surface area contributed by atoms with Gasteiger partial charge in [0.05, 0.1) is 0 Å². The van der Waals surface area contributed by atoms with E-state index in [1.807, 2.05) is 42.5 Å². The third kappa shape index (κ3) is 7.40. The van der Waals surface area contributed by atoms with Crippen LogP contribution in [0.4, 0.5) is 5.69 Å². The molecule has 2 aromatic carbocycles. The van der Waals surface area contributed by atoms with Gasteiger partial charge < -0.3 is 16.0 Å². The number of benzene rings is 2. The fourth-order valence-electron chi connectivity index (χ4n) is 2.13. The van der Waals surface area contributed by atoms with Gasteiger partial charge in [0.2, 0.25) is 0 Å². The second-order valence-corrected chi connectivity index (χ2v) is 5.50. The summed E-state index contributed by atoms with van der Waals surface area (Å²) < 4.78 is 0. The minimum absolute atomic E-state index is 0. The molecule has 3 N–H and O–H groups in total. The fourth-order valence-corrected chi connectivity index (χ4v) is 2.33. The number of rotatable bonds is 7. The third-order valence-corrected chi connectivity index (χ3v) is 3.75. The maximum Gasteiger partial charge on any atom is 0.191 e. The minimum Gasteiger partial charge on any atom is -0.385 e. The number of hydrogen-bond donors (Lipinski definition) is 3. The Bertz CT molecular complexity index is 619. The van der Waals surface area contributed by atoms with Gasteiger partial charge in [-0.1, -0.05) is 48.0 Å². The van der Waals surface area contributed by atoms with Crippen molar-refractivity contribution in [2.45, 2.75) is 13.0 Å². The van der Waals surface area contributed by atoms with E-state index in [1.54, 1.807) is 7.05 Å². The highest BCUT2D eigenvalue weighted by Crippen LogP contribution is 2.14. The van der Waals surface area contributed by atoms with E-state index in [2.05, 4.69) is 33.1 Å². The van der Waals surface area contributed by atoms with Crippen LogP contribution in [0.5, 0.6) is 0 Å². The Hall–Kier alpha value is -1.47. The van der Waals surface area contributed by atoms with Crippen molar-refractivity contribution in [3.63, 3.8) is 0 Å². The van der Waals surface area contributed by atoms with Crippen molar-refractivity contribution in [3.8, 4) is 0 Å². The number of guanidine groups is 1. The molecule has 130 valence electrons. The lowest BCUT2D eigenvalue weighted by Crippen LogP contribution is -2.37. The normalized spacial score (nSPS) is 10.7. The standard InChI is InChI=1S/C18H23ClN4.HI/c1-20-18(23-14-15-8-5-6-11-17(15)19)22-13-7-12-21-16-9-3-2-4-10-16;/h2-6,8-11,21H,7,12-14H2,1H3,(H2,20,22,23);1H. The summed E-state index contributed by atoms with van der Waals surface area (Å²) in [5.41, 5.74) is 2.21. The van der Waals surface area contributed by atoms with E-state index in [4.69, 9.17) is 11.6 Å². The average Bonchev–Trinajstić information content (AvgIpc) is 2.59. The summed E-state index contributed by atoms with van der Waals surface area (Å²) in [6.07, 6.45) is 1.00. The molecule has 0 unspecified atom stereocenters. The maximum atomic E-state index is 6.15. The van der Waals surface area contributed by atoms with Crippen molar-refractivity contribution in [2.24, 2.45) is 4.99 Å². The van der Waals surface area contributed by atoms with E-state index in [0.29, 0.717) is 6.54 Å². The molecule has 0 bridgehead atoms. The van der Waals surface area contributed by atoms with E-state index in [1.165, 1.54) is 0 Å². The van der Waals surface area contributed by atoms with Gasteiger partial charge in [-0.05, 0) is 30.2 Å². The molecule has 0 fully saturated rings. The summed E-state index contributed by atoms with van der Waals surface area (Å²) >= 11 is 6.15. The lowest BCUT2D eigenvalue weighted by Gasteiger charge is -2.13. The van der Waals surface area contributed by atoms with Crippen molar-refractivity contribution in [1.29, 1.82) is 0 Å². The molecule has 0 saturated carbocycles. The van der Waals surface area contributed by atoms with Crippen LogP contribution in [0.3, 0.4) is 0 Å². The Labute approximate surface area is 166 Å². The summed E-state index contributed by atoms with van der Waals surface area (Å²) in [4.78, 5) is 4.22. The Morgan fingerprint density at radius 2 is 1.67 bits per heavy atom. The Morgan fingerprint density at radius 1 is 0.958 bits per heavy atom. The van der Waals surface area contributed by atoms with E-state index in [-0.39, 0.29) is 24.0 Å². The number of para-hydroxylation sites is 1. The molecule has 6 heteroatoms. The highest BCUT2D eigenvalue weighted by molar-refractivity contribution is 14.0. The molecule has 2 rings (SSSR count). The molecule has 0 aromatic heterocycles. The zero-order valence-electron chi connectivity index (χ0n) is 13.8. The van der Waals surface area contributed by atoms with Gasteiger partial charge in [0.25, 0.3) is 0 Å². The first-order valence-corrected chi connectivity index (χ1v) is 8.14. The first-order valence-electron chi connectivity index (χ1n) is 7.76. The molecule has 0 saturated heterocycles. The van der Waals surface area contributed by atoms with E-state index in [9.17, 15) is 0 Å². The molecule has 0 radical (unpaired) electrons. The number of nitrogens with one attached hydrogen (secondary N) is 3. The topological polar surface area (TPSA) is 48.5 Å². The molecule has 24 heavy (non-hydrogen) atoms.